The third-order valence-corrected chi connectivity index (χ3v) is 2.56. The Hall–Kier alpha value is -2.77. The second-order valence-corrected chi connectivity index (χ2v) is 3.93. The number of aliphatic carboxylic acids is 1. The topological polar surface area (TPSA) is 119 Å². The molecule has 20 heavy (non-hydrogen) atoms. The standard InChI is InChI=1S/C12H15N3O5/c1-13-11(19)15(2)12(20)14-9(10(17)18)7-3-5-8(16)6-4-7/h3-6,9,16H,1-2H3,(H,13,19)(H,14,20)(H,17,18)/t9-/m1/s1. The molecule has 0 saturated carbocycles. The summed E-state index contributed by atoms with van der Waals surface area (Å²) in [7, 11) is 2.56. The number of nitrogens with zero attached hydrogens (tertiary/aromatic N) is 1. The van der Waals surface area contributed by atoms with Crippen molar-refractivity contribution in [3.05, 3.63) is 29.8 Å². The Labute approximate surface area is 115 Å². The summed E-state index contributed by atoms with van der Waals surface area (Å²) < 4.78 is 0. The number of hydrogen-bond donors (Lipinski definition) is 4. The molecule has 4 N–H and O–H groups in total. The number of phenols is 1. The Bertz CT molecular complexity index is 514. The first-order chi connectivity index (χ1) is 9.36. The van der Waals surface area contributed by atoms with Crippen molar-refractivity contribution < 1.29 is 24.6 Å². The Kier molecular flexibility index (Phi) is 4.90. The van der Waals surface area contributed by atoms with Crippen molar-refractivity contribution in [1.82, 2.24) is 15.5 Å². The first kappa shape index (κ1) is 15.3. The molecule has 8 heteroatoms. The highest BCUT2D eigenvalue weighted by Crippen LogP contribution is 2.17. The zero-order chi connectivity index (χ0) is 15.3. The minimum atomic E-state index is -1.32. The largest absolute Gasteiger partial charge is 0.508 e. The first-order valence-electron chi connectivity index (χ1n) is 5.64. The lowest BCUT2D eigenvalue weighted by molar-refractivity contribution is -0.139. The first-order valence-corrected chi connectivity index (χ1v) is 5.64. The molecule has 0 fully saturated rings. The molecule has 1 atom stereocenters. The Balaban J connectivity index is 2.88. The summed E-state index contributed by atoms with van der Waals surface area (Å²) in [6.45, 7) is 0. The number of carbonyl (C=O) groups excluding carboxylic acids is 2. The van der Waals surface area contributed by atoms with E-state index in [0.29, 0.717) is 0 Å². The maximum atomic E-state index is 11.7. The SMILES string of the molecule is CNC(=O)N(C)C(=O)N[C@@H](C(=O)O)c1ccc(O)cc1. The van der Waals surface area contributed by atoms with E-state index in [4.69, 9.17) is 10.2 Å². The number of carboxylic acids is 1. The van der Waals surface area contributed by atoms with E-state index in [1.165, 1.54) is 38.4 Å². The normalized spacial score (nSPS) is 11.3. The van der Waals surface area contributed by atoms with Crippen molar-refractivity contribution >= 4 is 18.0 Å². The van der Waals surface area contributed by atoms with Gasteiger partial charge in [-0.3, -0.25) is 0 Å². The van der Waals surface area contributed by atoms with Crippen LogP contribution in [0.25, 0.3) is 0 Å². The van der Waals surface area contributed by atoms with Crippen LogP contribution in [-0.4, -0.2) is 47.2 Å². The van der Waals surface area contributed by atoms with E-state index in [1.54, 1.807) is 0 Å². The van der Waals surface area contributed by atoms with Gasteiger partial charge in [0.15, 0.2) is 6.04 Å². The van der Waals surface area contributed by atoms with E-state index >= 15 is 0 Å². The van der Waals surface area contributed by atoms with Crippen LogP contribution in [0.1, 0.15) is 11.6 Å². The molecule has 1 aromatic carbocycles. The smallest absolute Gasteiger partial charge is 0.330 e. The van der Waals surface area contributed by atoms with Crippen LogP contribution < -0.4 is 10.6 Å². The van der Waals surface area contributed by atoms with Gasteiger partial charge in [0.05, 0.1) is 0 Å². The van der Waals surface area contributed by atoms with Gasteiger partial charge >= 0.3 is 18.0 Å². The number of aromatic hydroxyl groups is 1. The third kappa shape index (κ3) is 3.61. The third-order valence-electron chi connectivity index (χ3n) is 2.56. The molecule has 0 spiro atoms. The summed E-state index contributed by atoms with van der Waals surface area (Å²) >= 11 is 0. The highest BCUT2D eigenvalue weighted by atomic mass is 16.4. The van der Waals surface area contributed by atoms with Gasteiger partial charge in [0.25, 0.3) is 0 Å². The zero-order valence-electron chi connectivity index (χ0n) is 11.0. The molecular formula is C12H15N3O5. The van der Waals surface area contributed by atoms with Crippen LogP contribution >= 0.6 is 0 Å². The molecular weight excluding hydrogens is 266 g/mol. The number of nitrogens with one attached hydrogen (secondary N) is 2. The Morgan fingerprint density at radius 2 is 1.70 bits per heavy atom. The lowest BCUT2D eigenvalue weighted by atomic mass is 10.1. The number of amides is 4. The van der Waals surface area contributed by atoms with E-state index in [2.05, 4.69) is 10.6 Å². The minimum Gasteiger partial charge on any atom is -0.508 e. The summed E-state index contributed by atoms with van der Waals surface area (Å²) in [6.07, 6.45) is 0. The van der Waals surface area contributed by atoms with E-state index in [0.717, 1.165) is 4.90 Å². The molecule has 0 heterocycles. The fraction of sp³-hybridized carbons (Fsp3) is 0.250. The predicted molar refractivity (Wildman–Crippen MR) is 69.2 cm³/mol. The van der Waals surface area contributed by atoms with E-state index < -0.39 is 24.1 Å². The van der Waals surface area contributed by atoms with Gasteiger partial charge in [-0.1, -0.05) is 12.1 Å². The monoisotopic (exact) mass is 281 g/mol. The van der Waals surface area contributed by atoms with Gasteiger partial charge in [0.2, 0.25) is 0 Å². The molecule has 4 amide bonds. The minimum absolute atomic E-state index is 0.0216. The van der Waals surface area contributed by atoms with Crippen LogP contribution in [0.2, 0.25) is 0 Å². The highest BCUT2D eigenvalue weighted by Gasteiger charge is 2.25. The summed E-state index contributed by atoms with van der Waals surface area (Å²) in [5.41, 5.74) is 0.272. The molecule has 0 aromatic heterocycles. The van der Waals surface area contributed by atoms with Crippen LogP contribution in [0.5, 0.6) is 5.75 Å². The van der Waals surface area contributed by atoms with Crippen LogP contribution in [0.4, 0.5) is 9.59 Å². The molecule has 0 bridgehead atoms. The number of urea groups is 2. The number of carbonyl (C=O) groups is 3. The van der Waals surface area contributed by atoms with Gasteiger partial charge in [-0.25, -0.2) is 19.3 Å². The van der Waals surface area contributed by atoms with Crippen LogP contribution in [0.3, 0.4) is 0 Å². The molecule has 8 nitrogen and oxygen atoms in total. The van der Waals surface area contributed by atoms with Gasteiger partial charge < -0.3 is 20.8 Å². The lowest BCUT2D eigenvalue weighted by Crippen LogP contribution is -2.47. The van der Waals surface area contributed by atoms with E-state index in [1.807, 2.05) is 0 Å². The number of phenolic OH excluding ortho intramolecular Hbond substituents is 1. The van der Waals surface area contributed by atoms with Gasteiger partial charge in [-0.2, -0.15) is 0 Å². The number of imide groups is 1. The van der Waals surface area contributed by atoms with E-state index in [-0.39, 0.29) is 11.3 Å². The summed E-state index contributed by atoms with van der Waals surface area (Å²) in [4.78, 5) is 34.9. The number of rotatable bonds is 3. The lowest BCUT2D eigenvalue weighted by Gasteiger charge is -2.20. The summed E-state index contributed by atoms with van der Waals surface area (Å²) in [5.74, 6) is -1.30. The average molecular weight is 281 g/mol. The Morgan fingerprint density at radius 1 is 1.15 bits per heavy atom. The van der Waals surface area contributed by atoms with Crippen molar-refractivity contribution in [3.8, 4) is 5.75 Å². The average Bonchev–Trinajstić information content (AvgIpc) is 2.43. The zero-order valence-corrected chi connectivity index (χ0v) is 11.0. The Morgan fingerprint density at radius 3 is 2.15 bits per heavy atom. The quantitative estimate of drug-likeness (QED) is 0.643. The van der Waals surface area contributed by atoms with Crippen LogP contribution in [0.15, 0.2) is 24.3 Å². The van der Waals surface area contributed by atoms with Gasteiger partial charge in [0.1, 0.15) is 5.75 Å². The summed E-state index contributed by atoms with van der Waals surface area (Å²) in [6, 6.07) is 2.50. The molecule has 0 aliphatic rings. The maximum absolute atomic E-state index is 11.7. The van der Waals surface area contributed by atoms with Gasteiger partial charge in [-0.15, -0.1) is 0 Å². The second-order valence-electron chi connectivity index (χ2n) is 3.93. The number of carboxylic acid groups (broad SMARTS) is 1. The predicted octanol–water partition coefficient (Wildman–Crippen LogP) is 0.499. The number of benzene rings is 1. The molecule has 0 saturated heterocycles. The number of hydrogen-bond acceptors (Lipinski definition) is 4. The molecule has 1 aromatic rings. The van der Waals surface area contributed by atoms with Crippen LogP contribution in [0, 0.1) is 0 Å². The molecule has 0 aliphatic heterocycles. The molecule has 0 radical (unpaired) electrons. The second kappa shape index (κ2) is 6.41. The van der Waals surface area contributed by atoms with Gasteiger partial charge in [0, 0.05) is 14.1 Å². The fourth-order valence-corrected chi connectivity index (χ4v) is 1.43. The van der Waals surface area contributed by atoms with Gasteiger partial charge in [-0.05, 0) is 17.7 Å². The van der Waals surface area contributed by atoms with Crippen molar-refractivity contribution in [2.24, 2.45) is 0 Å². The van der Waals surface area contributed by atoms with Crippen molar-refractivity contribution in [3.63, 3.8) is 0 Å². The highest BCUT2D eigenvalue weighted by molar-refractivity contribution is 5.94. The maximum Gasteiger partial charge on any atom is 0.330 e. The molecule has 0 aliphatic carbocycles. The van der Waals surface area contributed by atoms with Crippen molar-refractivity contribution in [2.75, 3.05) is 14.1 Å². The molecule has 0 unspecified atom stereocenters. The van der Waals surface area contributed by atoms with E-state index in [9.17, 15) is 14.4 Å². The molecule has 1 rings (SSSR count). The van der Waals surface area contributed by atoms with Crippen LogP contribution in [-0.2, 0) is 4.79 Å². The summed E-state index contributed by atoms with van der Waals surface area (Å²) in [5, 5.41) is 22.7. The van der Waals surface area contributed by atoms with Crippen molar-refractivity contribution in [2.45, 2.75) is 6.04 Å². The van der Waals surface area contributed by atoms with Crippen molar-refractivity contribution in [1.29, 1.82) is 0 Å². The molecule has 108 valence electrons. The fourth-order valence-electron chi connectivity index (χ4n) is 1.43.